The van der Waals surface area contributed by atoms with Gasteiger partial charge in [-0.05, 0) is 36.9 Å². The Hall–Kier alpha value is -0.900. The molecule has 112 valence electrons. The van der Waals surface area contributed by atoms with E-state index in [-0.39, 0.29) is 0 Å². The number of hydrogen-bond acceptors (Lipinski definition) is 3. The lowest BCUT2D eigenvalue weighted by molar-refractivity contribution is 0.177. The molecule has 3 nitrogen and oxygen atoms in total. The van der Waals surface area contributed by atoms with Gasteiger partial charge in [-0.25, -0.2) is 0 Å². The van der Waals surface area contributed by atoms with Gasteiger partial charge in [0.05, 0.1) is 6.61 Å². The van der Waals surface area contributed by atoms with E-state index >= 15 is 0 Å². The third-order valence-electron chi connectivity index (χ3n) is 4.49. The van der Waals surface area contributed by atoms with E-state index in [1.807, 2.05) is 0 Å². The molecule has 1 fully saturated rings. The van der Waals surface area contributed by atoms with Gasteiger partial charge in [-0.2, -0.15) is 0 Å². The van der Waals surface area contributed by atoms with Gasteiger partial charge in [0.2, 0.25) is 0 Å². The standard InChI is InChI=1S/C17H28N2O/c1-19(12-14-7-3-4-8-14)17(11-18)16-10-6-5-9-15(16)13-20-2/h5-6,9-10,14,17H,3-4,7-8,11-13,18H2,1-2H3. The summed E-state index contributed by atoms with van der Waals surface area (Å²) in [4.78, 5) is 2.44. The summed E-state index contributed by atoms with van der Waals surface area (Å²) in [6, 6.07) is 8.80. The molecule has 0 amide bonds. The van der Waals surface area contributed by atoms with Gasteiger partial charge < -0.3 is 10.5 Å². The summed E-state index contributed by atoms with van der Waals surface area (Å²) in [6.45, 7) is 2.47. The van der Waals surface area contributed by atoms with Gasteiger partial charge in [-0.15, -0.1) is 0 Å². The average Bonchev–Trinajstić information content (AvgIpc) is 2.94. The van der Waals surface area contributed by atoms with Gasteiger partial charge in [-0.3, -0.25) is 4.90 Å². The molecule has 2 N–H and O–H groups in total. The van der Waals surface area contributed by atoms with E-state index in [2.05, 4.69) is 36.2 Å². The minimum atomic E-state index is 0.293. The molecule has 1 aromatic rings. The van der Waals surface area contributed by atoms with Crippen LogP contribution in [0.2, 0.25) is 0 Å². The van der Waals surface area contributed by atoms with E-state index in [0.717, 1.165) is 12.5 Å². The summed E-state index contributed by atoms with van der Waals surface area (Å²) >= 11 is 0. The molecule has 1 atom stereocenters. The maximum absolute atomic E-state index is 6.06. The van der Waals surface area contributed by atoms with Crippen LogP contribution >= 0.6 is 0 Å². The van der Waals surface area contributed by atoms with Crippen molar-refractivity contribution in [3.8, 4) is 0 Å². The molecule has 20 heavy (non-hydrogen) atoms. The third-order valence-corrected chi connectivity index (χ3v) is 4.49. The van der Waals surface area contributed by atoms with Crippen LogP contribution in [-0.4, -0.2) is 32.1 Å². The Labute approximate surface area is 123 Å². The van der Waals surface area contributed by atoms with Crippen LogP contribution in [0.5, 0.6) is 0 Å². The smallest absolute Gasteiger partial charge is 0.0716 e. The zero-order valence-corrected chi connectivity index (χ0v) is 12.8. The number of benzene rings is 1. The Morgan fingerprint density at radius 3 is 2.65 bits per heavy atom. The van der Waals surface area contributed by atoms with Crippen LogP contribution in [0, 0.1) is 5.92 Å². The molecule has 1 aromatic carbocycles. The van der Waals surface area contributed by atoms with Crippen LogP contribution in [0.15, 0.2) is 24.3 Å². The molecule has 3 heteroatoms. The second kappa shape index (κ2) is 7.77. The fraction of sp³-hybridized carbons (Fsp3) is 0.647. The normalized spacial score (nSPS) is 17.8. The van der Waals surface area contributed by atoms with Crippen molar-refractivity contribution in [3.05, 3.63) is 35.4 Å². The summed E-state index contributed by atoms with van der Waals surface area (Å²) in [5, 5.41) is 0. The van der Waals surface area contributed by atoms with E-state index in [4.69, 9.17) is 10.5 Å². The topological polar surface area (TPSA) is 38.5 Å². The lowest BCUT2D eigenvalue weighted by Crippen LogP contribution is -2.34. The highest BCUT2D eigenvalue weighted by molar-refractivity contribution is 5.30. The number of hydrogen-bond donors (Lipinski definition) is 1. The molecule has 0 heterocycles. The maximum atomic E-state index is 6.06. The lowest BCUT2D eigenvalue weighted by Gasteiger charge is -2.31. The number of nitrogens with zero attached hydrogens (tertiary/aromatic N) is 1. The summed E-state index contributed by atoms with van der Waals surface area (Å²) in [5.74, 6) is 0.851. The summed E-state index contributed by atoms with van der Waals surface area (Å²) in [5.41, 5.74) is 8.63. The fourth-order valence-corrected chi connectivity index (χ4v) is 3.42. The fourth-order valence-electron chi connectivity index (χ4n) is 3.42. The van der Waals surface area contributed by atoms with E-state index in [0.29, 0.717) is 19.2 Å². The molecule has 0 aromatic heterocycles. The minimum Gasteiger partial charge on any atom is -0.380 e. The largest absolute Gasteiger partial charge is 0.380 e. The van der Waals surface area contributed by atoms with Crippen molar-refractivity contribution >= 4 is 0 Å². The molecule has 2 rings (SSSR count). The van der Waals surface area contributed by atoms with Crippen LogP contribution in [0.4, 0.5) is 0 Å². The maximum Gasteiger partial charge on any atom is 0.0716 e. The molecule has 0 bridgehead atoms. The molecular formula is C17H28N2O. The lowest BCUT2D eigenvalue weighted by atomic mass is 9.98. The van der Waals surface area contributed by atoms with Gasteiger partial charge in [0.25, 0.3) is 0 Å². The SMILES string of the molecule is COCc1ccccc1C(CN)N(C)CC1CCCC1. The highest BCUT2D eigenvalue weighted by atomic mass is 16.5. The van der Waals surface area contributed by atoms with Gasteiger partial charge in [0, 0.05) is 26.2 Å². The third kappa shape index (κ3) is 3.81. The number of ether oxygens (including phenoxy) is 1. The molecular weight excluding hydrogens is 248 g/mol. The van der Waals surface area contributed by atoms with Gasteiger partial charge in [0.15, 0.2) is 0 Å². The Morgan fingerprint density at radius 2 is 2.00 bits per heavy atom. The Bertz CT molecular complexity index is 402. The van der Waals surface area contributed by atoms with Crippen LogP contribution in [0.3, 0.4) is 0 Å². The minimum absolute atomic E-state index is 0.293. The van der Waals surface area contributed by atoms with Gasteiger partial charge in [0.1, 0.15) is 0 Å². The van der Waals surface area contributed by atoms with Crippen molar-refractivity contribution in [1.82, 2.24) is 4.90 Å². The van der Waals surface area contributed by atoms with Crippen molar-refractivity contribution in [2.24, 2.45) is 11.7 Å². The number of likely N-dealkylation sites (N-methyl/N-ethyl adjacent to an activating group) is 1. The zero-order chi connectivity index (χ0) is 14.4. The van der Waals surface area contributed by atoms with E-state index < -0.39 is 0 Å². The Balaban J connectivity index is 2.09. The van der Waals surface area contributed by atoms with Crippen molar-refractivity contribution in [3.63, 3.8) is 0 Å². The molecule has 1 aliphatic carbocycles. The molecule has 0 spiro atoms. The highest BCUT2D eigenvalue weighted by Gasteiger charge is 2.23. The number of nitrogens with two attached hydrogens (primary N) is 1. The first-order chi connectivity index (χ1) is 9.76. The summed E-state index contributed by atoms with van der Waals surface area (Å²) in [7, 11) is 3.95. The van der Waals surface area contributed by atoms with Crippen LogP contribution in [0.25, 0.3) is 0 Å². The quantitative estimate of drug-likeness (QED) is 0.832. The van der Waals surface area contributed by atoms with Crippen molar-refractivity contribution in [2.75, 3.05) is 27.2 Å². The molecule has 1 aliphatic rings. The molecule has 1 unspecified atom stereocenters. The average molecular weight is 276 g/mol. The highest BCUT2D eigenvalue weighted by Crippen LogP contribution is 2.29. The second-order valence-corrected chi connectivity index (χ2v) is 5.97. The van der Waals surface area contributed by atoms with Crippen LogP contribution in [-0.2, 0) is 11.3 Å². The van der Waals surface area contributed by atoms with Crippen molar-refractivity contribution < 1.29 is 4.74 Å². The molecule has 0 radical (unpaired) electrons. The molecule has 0 aliphatic heterocycles. The number of rotatable bonds is 7. The summed E-state index contributed by atoms with van der Waals surface area (Å²) < 4.78 is 5.32. The first kappa shape index (κ1) is 15.5. The van der Waals surface area contributed by atoms with Gasteiger partial charge >= 0.3 is 0 Å². The van der Waals surface area contributed by atoms with Crippen molar-refractivity contribution in [1.29, 1.82) is 0 Å². The van der Waals surface area contributed by atoms with E-state index in [1.165, 1.54) is 36.8 Å². The first-order valence-electron chi connectivity index (χ1n) is 7.73. The predicted molar refractivity (Wildman–Crippen MR) is 83.5 cm³/mol. The Kier molecular flexibility index (Phi) is 6.02. The monoisotopic (exact) mass is 276 g/mol. The van der Waals surface area contributed by atoms with E-state index in [1.54, 1.807) is 7.11 Å². The molecule has 0 saturated heterocycles. The zero-order valence-electron chi connectivity index (χ0n) is 12.8. The van der Waals surface area contributed by atoms with E-state index in [9.17, 15) is 0 Å². The second-order valence-electron chi connectivity index (χ2n) is 5.97. The Morgan fingerprint density at radius 1 is 1.30 bits per heavy atom. The first-order valence-corrected chi connectivity index (χ1v) is 7.73. The molecule has 1 saturated carbocycles. The van der Waals surface area contributed by atoms with Crippen molar-refractivity contribution in [2.45, 2.75) is 38.3 Å². The number of methoxy groups -OCH3 is 1. The summed E-state index contributed by atoms with van der Waals surface area (Å²) in [6.07, 6.45) is 5.54. The van der Waals surface area contributed by atoms with Crippen LogP contribution in [0.1, 0.15) is 42.9 Å². The predicted octanol–water partition coefficient (Wildman–Crippen LogP) is 2.95. The van der Waals surface area contributed by atoms with Crippen LogP contribution < -0.4 is 5.73 Å². The van der Waals surface area contributed by atoms with Gasteiger partial charge in [-0.1, -0.05) is 37.1 Å².